The number of hydrogen-bond acceptors (Lipinski definition) is 5. The van der Waals surface area contributed by atoms with E-state index < -0.39 is 0 Å². The summed E-state index contributed by atoms with van der Waals surface area (Å²) in [7, 11) is 1.54. The monoisotopic (exact) mass is 501 g/mol. The van der Waals surface area contributed by atoms with E-state index in [-0.39, 0.29) is 35.2 Å². The second kappa shape index (κ2) is 8.94. The largest absolute Gasteiger partial charge is 0.506 e. The van der Waals surface area contributed by atoms with E-state index in [0.29, 0.717) is 45.6 Å². The maximum absolute atomic E-state index is 13.1. The summed E-state index contributed by atoms with van der Waals surface area (Å²) in [4.78, 5) is 27.1. The van der Waals surface area contributed by atoms with Gasteiger partial charge in [0.25, 0.3) is 5.91 Å². The van der Waals surface area contributed by atoms with Crippen molar-refractivity contribution in [3.8, 4) is 11.5 Å². The van der Waals surface area contributed by atoms with Crippen molar-refractivity contribution >= 4 is 33.5 Å². The van der Waals surface area contributed by atoms with Crippen molar-refractivity contribution in [2.24, 2.45) is 0 Å². The number of amides is 1. The van der Waals surface area contributed by atoms with E-state index in [0.717, 1.165) is 5.56 Å². The number of rotatable bonds is 6. The van der Waals surface area contributed by atoms with Crippen LogP contribution in [0.3, 0.4) is 0 Å². The van der Waals surface area contributed by atoms with E-state index in [1.54, 1.807) is 36.2 Å². The summed E-state index contributed by atoms with van der Waals surface area (Å²) in [5.41, 5.74) is 2.60. The molecule has 8 heteroatoms. The van der Waals surface area contributed by atoms with Gasteiger partial charge in [0.15, 0.2) is 5.78 Å². The maximum atomic E-state index is 13.1. The second-order valence-electron chi connectivity index (χ2n) is 8.75. The third-order valence-electron chi connectivity index (χ3n) is 5.44. The molecule has 1 aliphatic heterocycles. The number of nitrogens with zero attached hydrogens (tertiary/aromatic N) is 1. The molecule has 7 nitrogen and oxygen atoms in total. The third-order valence-corrected chi connectivity index (χ3v) is 6.04. The molecule has 2 aromatic rings. The third kappa shape index (κ3) is 4.50. The number of carbonyl (C=O) groups excluding carboxylic acids is 2. The zero-order chi connectivity index (χ0) is 23.8. The molecule has 2 aromatic carbocycles. The van der Waals surface area contributed by atoms with Crippen LogP contribution >= 0.6 is 15.9 Å². The van der Waals surface area contributed by atoms with Crippen LogP contribution in [0, 0.1) is 5.41 Å². The number of halogens is 1. The highest BCUT2D eigenvalue weighted by Crippen LogP contribution is 2.37. The Labute approximate surface area is 196 Å². The molecule has 32 heavy (non-hydrogen) atoms. The lowest BCUT2D eigenvalue weighted by Gasteiger charge is -2.23. The zero-order valence-electron chi connectivity index (χ0n) is 18.9. The van der Waals surface area contributed by atoms with Gasteiger partial charge in [-0.25, -0.2) is 0 Å². The van der Waals surface area contributed by atoms with Crippen molar-refractivity contribution in [1.29, 1.82) is 5.41 Å². The Hall–Kier alpha value is -2.87. The standard InChI is InChI=1S/C24H28BrN3O4/c1-6-32-20-9-14-11-28(22(26)15(14)10-16(20)23(31)27-5)12-19(29)13-7-17(24(2,3)4)21(30)18(25)8-13/h7-10,26,30H,6,11-12H2,1-5H3,(H,27,31). The Morgan fingerprint density at radius 3 is 2.53 bits per heavy atom. The smallest absolute Gasteiger partial charge is 0.254 e. The van der Waals surface area contributed by atoms with Crippen LogP contribution in [0.2, 0.25) is 0 Å². The Bertz CT molecular complexity index is 1110. The van der Waals surface area contributed by atoms with Crippen LogP contribution in [0.5, 0.6) is 11.5 Å². The fraction of sp³-hybridized carbons (Fsp3) is 0.375. The number of aromatic hydroxyl groups is 1. The summed E-state index contributed by atoms with van der Waals surface area (Å²) < 4.78 is 6.09. The number of ketones is 1. The van der Waals surface area contributed by atoms with Crippen molar-refractivity contribution < 1.29 is 19.4 Å². The number of nitrogens with one attached hydrogen (secondary N) is 2. The van der Waals surface area contributed by atoms with Gasteiger partial charge in [-0.15, -0.1) is 0 Å². The summed E-state index contributed by atoms with van der Waals surface area (Å²) in [6, 6.07) is 6.75. The lowest BCUT2D eigenvalue weighted by atomic mass is 9.85. The molecule has 0 fully saturated rings. The van der Waals surface area contributed by atoms with Gasteiger partial charge in [-0.05, 0) is 58.1 Å². The topological polar surface area (TPSA) is 103 Å². The molecule has 0 atom stereocenters. The summed E-state index contributed by atoms with van der Waals surface area (Å²) in [5.74, 6) is 0.326. The first-order valence-electron chi connectivity index (χ1n) is 10.4. The Balaban J connectivity index is 1.89. The quantitative estimate of drug-likeness (QED) is 0.513. The number of Topliss-reactive ketones (excluding diaryl/α,β-unsaturated/α-hetero) is 1. The van der Waals surface area contributed by atoms with Crippen molar-refractivity contribution in [3.05, 3.63) is 56.6 Å². The SMILES string of the molecule is CCOc1cc2c(cc1C(=O)NC)C(=N)N(CC(=O)c1cc(Br)c(O)c(C(C)(C)C)c1)C2. The summed E-state index contributed by atoms with van der Waals surface area (Å²) in [6.07, 6.45) is 0. The van der Waals surface area contributed by atoms with E-state index in [4.69, 9.17) is 10.1 Å². The summed E-state index contributed by atoms with van der Waals surface area (Å²) >= 11 is 3.35. The molecule has 0 aromatic heterocycles. The van der Waals surface area contributed by atoms with Gasteiger partial charge >= 0.3 is 0 Å². The predicted molar refractivity (Wildman–Crippen MR) is 127 cm³/mol. The number of amidine groups is 1. The van der Waals surface area contributed by atoms with Gasteiger partial charge in [-0.1, -0.05) is 20.8 Å². The summed E-state index contributed by atoms with van der Waals surface area (Å²) in [5, 5.41) is 21.6. The fourth-order valence-corrected chi connectivity index (χ4v) is 4.21. The van der Waals surface area contributed by atoms with Crippen LogP contribution in [-0.2, 0) is 12.0 Å². The lowest BCUT2D eigenvalue weighted by molar-refractivity contribution is 0.0953. The van der Waals surface area contributed by atoms with E-state index in [1.807, 2.05) is 27.7 Å². The van der Waals surface area contributed by atoms with Gasteiger partial charge in [0.1, 0.15) is 17.3 Å². The van der Waals surface area contributed by atoms with Gasteiger partial charge in [-0.2, -0.15) is 0 Å². The molecule has 1 aliphatic rings. The van der Waals surface area contributed by atoms with Gasteiger partial charge in [0.05, 0.1) is 23.2 Å². The number of ether oxygens (including phenoxy) is 1. The van der Waals surface area contributed by atoms with Gasteiger partial charge < -0.3 is 20.1 Å². The average molecular weight is 502 g/mol. The fourth-order valence-electron chi connectivity index (χ4n) is 3.75. The van der Waals surface area contributed by atoms with Crippen molar-refractivity contribution in [2.45, 2.75) is 39.7 Å². The zero-order valence-corrected chi connectivity index (χ0v) is 20.5. The number of hydrogen-bond donors (Lipinski definition) is 3. The minimum atomic E-state index is -0.342. The normalized spacial score (nSPS) is 13.2. The molecule has 0 bridgehead atoms. The van der Waals surface area contributed by atoms with Gasteiger partial charge in [0.2, 0.25) is 0 Å². The van der Waals surface area contributed by atoms with Gasteiger partial charge in [0, 0.05) is 30.3 Å². The minimum absolute atomic E-state index is 0.00753. The van der Waals surface area contributed by atoms with Crippen LogP contribution in [0.25, 0.3) is 0 Å². The van der Waals surface area contributed by atoms with Crippen molar-refractivity contribution in [3.63, 3.8) is 0 Å². The van der Waals surface area contributed by atoms with E-state index >= 15 is 0 Å². The van der Waals surface area contributed by atoms with E-state index in [1.165, 1.54) is 0 Å². The Morgan fingerprint density at radius 2 is 1.94 bits per heavy atom. The van der Waals surface area contributed by atoms with E-state index in [2.05, 4.69) is 21.2 Å². The summed E-state index contributed by atoms with van der Waals surface area (Å²) in [6.45, 7) is 8.54. The van der Waals surface area contributed by atoms with Gasteiger partial charge in [-0.3, -0.25) is 15.0 Å². The molecule has 3 rings (SSSR count). The van der Waals surface area contributed by atoms with Crippen LogP contribution < -0.4 is 10.1 Å². The molecule has 1 amide bonds. The predicted octanol–water partition coefficient (Wildman–Crippen LogP) is 4.23. The molecule has 1 heterocycles. The first kappa shape index (κ1) is 23.8. The molecule has 0 saturated carbocycles. The molecule has 0 spiro atoms. The Kier molecular flexibility index (Phi) is 6.64. The van der Waals surface area contributed by atoms with Crippen molar-refractivity contribution in [1.82, 2.24) is 10.2 Å². The molecular weight excluding hydrogens is 474 g/mol. The molecule has 0 radical (unpaired) electrons. The first-order chi connectivity index (χ1) is 15.0. The first-order valence-corrected chi connectivity index (χ1v) is 11.2. The molecule has 3 N–H and O–H groups in total. The Morgan fingerprint density at radius 1 is 1.25 bits per heavy atom. The average Bonchev–Trinajstić information content (AvgIpc) is 3.02. The number of phenolic OH excluding ortho intramolecular Hbond substituents is 1. The molecular formula is C24H28BrN3O4. The van der Waals surface area contributed by atoms with Crippen LogP contribution in [0.4, 0.5) is 0 Å². The number of carbonyl (C=O) groups is 2. The molecule has 0 unspecified atom stereocenters. The lowest BCUT2D eigenvalue weighted by Crippen LogP contribution is -2.30. The molecule has 170 valence electrons. The molecule has 0 saturated heterocycles. The van der Waals surface area contributed by atoms with Crippen LogP contribution in [-0.4, -0.2) is 47.7 Å². The number of benzene rings is 2. The van der Waals surface area contributed by atoms with E-state index in [9.17, 15) is 14.7 Å². The number of fused-ring (bicyclic) bond motifs is 1. The highest BCUT2D eigenvalue weighted by atomic mass is 79.9. The van der Waals surface area contributed by atoms with Crippen LogP contribution in [0.1, 0.15) is 65.1 Å². The highest BCUT2D eigenvalue weighted by molar-refractivity contribution is 9.10. The van der Waals surface area contributed by atoms with Crippen LogP contribution in [0.15, 0.2) is 28.7 Å². The minimum Gasteiger partial charge on any atom is -0.506 e. The number of phenols is 1. The maximum Gasteiger partial charge on any atom is 0.254 e. The second-order valence-corrected chi connectivity index (χ2v) is 9.60. The van der Waals surface area contributed by atoms with Crippen molar-refractivity contribution in [2.75, 3.05) is 20.2 Å². The molecule has 0 aliphatic carbocycles. The highest BCUT2D eigenvalue weighted by Gasteiger charge is 2.30.